The summed E-state index contributed by atoms with van der Waals surface area (Å²) in [6.07, 6.45) is 2.52. The number of halogens is 1. The van der Waals surface area contributed by atoms with E-state index in [-0.39, 0.29) is 35.6 Å². The van der Waals surface area contributed by atoms with E-state index >= 15 is 0 Å². The summed E-state index contributed by atoms with van der Waals surface area (Å²) in [5.41, 5.74) is 6.53. The minimum absolute atomic E-state index is 0. The molecule has 10 heteroatoms. The van der Waals surface area contributed by atoms with Crippen LogP contribution < -0.4 is 16.0 Å². The lowest BCUT2D eigenvalue weighted by molar-refractivity contribution is 0.0953. The number of hydrogen-bond donors (Lipinski definition) is 3. The molecule has 1 fully saturated rings. The molecule has 1 aromatic heterocycles. The molecule has 28 heavy (non-hydrogen) atoms. The molecule has 0 spiro atoms. The van der Waals surface area contributed by atoms with Gasteiger partial charge in [-0.1, -0.05) is 6.07 Å². The summed E-state index contributed by atoms with van der Waals surface area (Å²) < 4.78 is 0. The molecule has 0 bridgehead atoms. The first kappa shape index (κ1) is 22.2. The van der Waals surface area contributed by atoms with E-state index < -0.39 is 0 Å². The number of aromatic hydroxyl groups is 1. The Morgan fingerprint density at radius 3 is 2.79 bits per heavy atom. The Bertz CT molecular complexity index is 778. The Balaban J connectivity index is 0.00000280. The fraction of sp³-hybridized carbons (Fsp3) is 0.389. The number of rotatable bonds is 6. The van der Waals surface area contributed by atoms with Gasteiger partial charge in [0.25, 0.3) is 5.91 Å². The van der Waals surface area contributed by atoms with E-state index in [9.17, 15) is 9.90 Å². The van der Waals surface area contributed by atoms with Gasteiger partial charge in [0.05, 0.1) is 0 Å². The number of thiazole rings is 1. The van der Waals surface area contributed by atoms with Gasteiger partial charge in [-0.2, -0.15) is 0 Å². The maximum absolute atomic E-state index is 12.0. The number of carbonyl (C=O) groups excluding carboxylic acids is 1. The van der Waals surface area contributed by atoms with Crippen molar-refractivity contribution < 1.29 is 9.90 Å². The SMILES string of the molecule is I.NC(=NCCCNC(=O)c1cccc(O)c1)N1CCN(c2nccs2)CC1. The first-order chi connectivity index (χ1) is 13.1. The molecule has 4 N–H and O–H groups in total. The molecule has 3 rings (SSSR count). The van der Waals surface area contributed by atoms with Crippen molar-refractivity contribution in [1.29, 1.82) is 0 Å². The van der Waals surface area contributed by atoms with Crippen LogP contribution in [0.1, 0.15) is 16.8 Å². The molecule has 1 saturated heterocycles. The van der Waals surface area contributed by atoms with E-state index in [1.807, 2.05) is 11.6 Å². The number of aliphatic imine (C=N–C) groups is 1. The number of nitrogens with two attached hydrogens (primary N) is 1. The second kappa shape index (κ2) is 11.1. The number of benzene rings is 1. The summed E-state index contributed by atoms with van der Waals surface area (Å²) in [6.45, 7) is 4.46. The Morgan fingerprint density at radius 2 is 2.11 bits per heavy atom. The van der Waals surface area contributed by atoms with Gasteiger partial charge in [-0.05, 0) is 24.6 Å². The van der Waals surface area contributed by atoms with E-state index in [1.165, 1.54) is 12.1 Å². The summed E-state index contributed by atoms with van der Waals surface area (Å²) in [5.74, 6) is 0.421. The number of phenols is 1. The highest BCUT2D eigenvalue weighted by atomic mass is 127. The third kappa shape index (κ3) is 6.23. The standard InChI is InChI=1S/C18H24N6O2S.HI/c19-17(23-8-10-24(11-9-23)18-22-7-12-27-18)21-6-2-5-20-16(26)14-3-1-4-15(25)13-14;/h1,3-4,7,12-13,25H,2,5-6,8-11H2,(H2,19,21)(H,20,26);1H. The van der Waals surface area contributed by atoms with Crippen molar-refractivity contribution in [1.82, 2.24) is 15.2 Å². The summed E-state index contributed by atoms with van der Waals surface area (Å²) in [5, 5.41) is 15.3. The number of aromatic nitrogens is 1. The van der Waals surface area contributed by atoms with E-state index in [0.29, 0.717) is 31.0 Å². The molecule has 0 radical (unpaired) electrons. The quantitative estimate of drug-likeness (QED) is 0.234. The van der Waals surface area contributed by atoms with Crippen molar-refractivity contribution in [3.8, 4) is 5.75 Å². The smallest absolute Gasteiger partial charge is 0.251 e. The molecular formula is C18H25IN6O2S. The number of piperazine rings is 1. The van der Waals surface area contributed by atoms with Crippen molar-refractivity contribution in [2.75, 3.05) is 44.2 Å². The molecule has 1 amide bonds. The first-order valence-corrected chi connectivity index (χ1v) is 9.78. The summed E-state index contributed by atoms with van der Waals surface area (Å²) in [7, 11) is 0. The highest BCUT2D eigenvalue weighted by molar-refractivity contribution is 14.0. The Hall–Kier alpha value is -2.08. The van der Waals surface area contributed by atoms with Crippen molar-refractivity contribution in [3.63, 3.8) is 0 Å². The maximum Gasteiger partial charge on any atom is 0.251 e. The van der Waals surface area contributed by atoms with Crippen molar-refractivity contribution in [2.24, 2.45) is 10.7 Å². The number of nitrogens with one attached hydrogen (secondary N) is 1. The van der Waals surface area contributed by atoms with Crippen LogP contribution in [0.25, 0.3) is 0 Å². The van der Waals surface area contributed by atoms with Crippen LogP contribution in [-0.4, -0.2) is 66.1 Å². The lowest BCUT2D eigenvalue weighted by Gasteiger charge is -2.35. The zero-order valence-electron chi connectivity index (χ0n) is 15.5. The van der Waals surface area contributed by atoms with Gasteiger partial charge in [-0.3, -0.25) is 9.79 Å². The zero-order valence-corrected chi connectivity index (χ0v) is 18.6. The number of anilines is 1. The number of hydrogen-bond acceptors (Lipinski definition) is 6. The number of phenolic OH excluding ortho intramolecular Hbond substituents is 1. The average Bonchev–Trinajstić information content (AvgIpc) is 3.22. The Kier molecular flexibility index (Phi) is 8.77. The van der Waals surface area contributed by atoms with Gasteiger partial charge >= 0.3 is 0 Å². The van der Waals surface area contributed by atoms with Crippen LogP contribution in [0.5, 0.6) is 5.75 Å². The van der Waals surface area contributed by atoms with Crippen LogP contribution in [0.15, 0.2) is 40.8 Å². The van der Waals surface area contributed by atoms with Gasteiger partial charge in [0, 0.05) is 56.4 Å². The van der Waals surface area contributed by atoms with Crippen LogP contribution in [0, 0.1) is 0 Å². The molecule has 0 aliphatic carbocycles. The fourth-order valence-corrected chi connectivity index (χ4v) is 3.52. The average molecular weight is 516 g/mol. The highest BCUT2D eigenvalue weighted by Gasteiger charge is 2.19. The van der Waals surface area contributed by atoms with Crippen molar-refractivity contribution in [2.45, 2.75) is 6.42 Å². The molecule has 0 saturated carbocycles. The fourth-order valence-electron chi connectivity index (χ4n) is 2.82. The largest absolute Gasteiger partial charge is 0.508 e. The molecule has 0 atom stereocenters. The molecule has 152 valence electrons. The van der Waals surface area contributed by atoms with E-state index in [1.54, 1.807) is 23.5 Å². The van der Waals surface area contributed by atoms with Crippen molar-refractivity contribution in [3.05, 3.63) is 41.4 Å². The van der Waals surface area contributed by atoms with Crippen LogP contribution in [-0.2, 0) is 0 Å². The predicted octanol–water partition coefficient (Wildman–Crippen LogP) is 1.72. The summed E-state index contributed by atoms with van der Waals surface area (Å²) in [6, 6.07) is 6.28. The van der Waals surface area contributed by atoms with Gasteiger partial charge in [0.15, 0.2) is 11.1 Å². The van der Waals surface area contributed by atoms with Gasteiger partial charge < -0.3 is 26.0 Å². The Labute approximate surface area is 185 Å². The molecule has 1 aliphatic rings. The van der Waals surface area contributed by atoms with E-state index in [4.69, 9.17) is 5.73 Å². The van der Waals surface area contributed by atoms with E-state index in [2.05, 4.69) is 25.1 Å². The maximum atomic E-state index is 12.0. The van der Waals surface area contributed by atoms with Crippen molar-refractivity contribution >= 4 is 52.3 Å². The Morgan fingerprint density at radius 1 is 1.32 bits per heavy atom. The van der Waals surface area contributed by atoms with Crippen LogP contribution >= 0.6 is 35.3 Å². The van der Waals surface area contributed by atoms with Crippen LogP contribution in [0.2, 0.25) is 0 Å². The highest BCUT2D eigenvalue weighted by Crippen LogP contribution is 2.18. The lowest BCUT2D eigenvalue weighted by Crippen LogP contribution is -2.51. The number of guanidine groups is 1. The van der Waals surface area contributed by atoms with E-state index in [0.717, 1.165) is 31.3 Å². The monoisotopic (exact) mass is 516 g/mol. The third-order valence-corrected chi connectivity index (χ3v) is 5.13. The minimum atomic E-state index is -0.207. The molecule has 2 heterocycles. The molecule has 8 nitrogen and oxygen atoms in total. The molecule has 1 aromatic carbocycles. The normalized spacial score (nSPS) is 14.5. The molecule has 0 unspecified atom stereocenters. The van der Waals surface area contributed by atoms with Gasteiger partial charge in [0.1, 0.15) is 5.75 Å². The zero-order chi connectivity index (χ0) is 19.1. The first-order valence-electron chi connectivity index (χ1n) is 8.90. The van der Waals surface area contributed by atoms with Gasteiger partial charge in [-0.15, -0.1) is 35.3 Å². The van der Waals surface area contributed by atoms with Crippen LogP contribution in [0.3, 0.4) is 0 Å². The molecule has 1 aliphatic heterocycles. The van der Waals surface area contributed by atoms with Gasteiger partial charge in [0.2, 0.25) is 0 Å². The molecular weight excluding hydrogens is 491 g/mol. The number of carbonyl (C=O) groups is 1. The second-order valence-electron chi connectivity index (χ2n) is 6.19. The minimum Gasteiger partial charge on any atom is -0.508 e. The lowest BCUT2D eigenvalue weighted by atomic mass is 10.2. The predicted molar refractivity (Wildman–Crippen MR) is 123 cm³/mol. The molecule has 2 aromatic rings. The number of nitrogens with zero attached hydrogens (tertiary/aromatic N) is 4. The third-order valence-electron chi connectivity index (χ3n) is 4.30. The van der Waals surface area contributed by atoms with Gasteiger partial charge in [-0.25, -0.2) is 4.98 Å². The topological polar surface area (TPSA) is 107 Å². The number of amides is 1. The summed E-state index contributed by atoms with van der Waals surface area (Å²) >= 11 is 1.65. The summed E-state index contributed by atoms with van der Waals surface area (Å²) in [4.78, 5) is 25.1. The second-order valence-corrected chi connectivity index (χ2v) is 7.06. The van der Waals surface area contributed by atoms with Crippen LogP contribution in [0.4, 0.5) is 5.13 Å².